The van der Waals surface area contributed by atoms with Gasteiger partial charge in [-0.25, -0.2) is 0 Å². The van der Waals surface area contributed by atoms with E-state index in [1.54, 1.807) is 0 Å². The van der Waals surface area contributed by atoms with Crippen molar-refractivity contribution in [2.24, 2.45) is 0 Å². The van der Waals surface area contributed by atoms with Crippen LogP contribution in [0.15, 0.2) is 60.7 Å². The lowest BCUT2D eigenvalue weighted by Crippen LogP contribution is -2.24. The van der Waals surface area contributed by atoms with Crippen LogP contribution in [-0.4, -0.2) is 5.91 Å². The minimum atomic E-state index is 0.138. The smallest absolute Gasteiger partial charge is 0.220 e. The van der Waals surface area contributed by atoms with Crippen molar-refractivity contribution in [1.82, 2.24) is 5.32 Å². The van der Waals surface area contributed by atoms with E-state index < -0.39 is 0 Å². The first-order chi connectivity index (χ1) is 11.3. The molecule has 0 aliphatic carbocycles. The fourth-order valence-corrected chi connectivity index (χ4v) is 2.84. The van der Waals surface area contributed by atoms with Gasteiger partial charge < -0.3 is 5.32 Å². The summed E-state index contributed by atoms with van der Waals surface area (Å²) in [5.74, 6) is 0.456. The van der Waals surface area contributed by atoms with E-state index in [2.05, 4.69) is 36.5 Å². The van der Waals surface area contributed by atoms with E-state index >= 15 is 0 Å². The van der Waals surface area contributed by atoms with Crippen molar-refractivity contribution < 1.29 is 4.79 Å². The third-order valence-corrected chi connectivity index (χ3v) is 4.19. The van der Waals surface area contributed by atoms with Crippen LogP contribution in [0.25, 0.3) is 0 Å². The van der Waals surface area contributed by atoms with Gasteiger partial charge in [-0.2, -0.15) is 0 Å². The monoisotopic (exact) mass is 309 g/mol. The molecule has 0 saturated carbocycles. The number of nitrogens with one attached hydrogen (secondary N) is 1. The first-order valence-electron chi connectivity index (χ1n) is 8.65. The van der Waals surface area contributed by atoms with Gasteiger partial charge in [-0.3, -0.25) is 4.79 Å². The number of carbonyl (C=O) groups excluding carboxylic acids is 1. The Morgan fingerprint density at radius 1 is 0.957 bits per heavy atom. The molecule has 2 aromatic carbocycles. The summed E-state index contributed by atoms with van der Waals surface area (Å²) in [5.41, 5.74) is 2.42. The van der Waals surface area contributed by atoms with Crippen molar-refractivity contribution in [1.29, 1.82) is 0 Å². The summed E-state index contributed by atoms with van der Waals surface area (Å²) < 4.78 is 0. The number of rotatable bonds is 9. The second-order valence-corrected chi connectivity index (χ2v) is 6.07. The molecule has 0 bridgehead atoms. The number of hydrogen-bond donors (Lipinski definition) is 1. The number of carbonyl (C=O) groups is 1. The van der Waals surface area contributed by atoms with Gasteiger partial charge in [-0.1, -0.05) is 86.8 Å². The van der Waals surface area contributed by atoms with Crippen LogP contribution in [-0.2, 0) is 11.3 Å². The Hall–Kier alpha value is -2.09. The molecule has 2 rings (SSSR count). The highest BCUT2D eigenvalue weighted by molar-refractivity contribution is 5.76. The second-order valence-electron chi connectivity index (χ2n) is 6.07. The van der Waals surface area contributed by atoms with Gasteiger partial charge in [0.25, 0.3) is 0 Å². The fraction of sp³-hybridized carbons (Fsp3) is 0.381. The number of hydrogen-bond acceptors (Lipinski definition) is 1. The van der Waals surface area contributed by atoms with Crippen LogP contribution < -0.4 is 5.32 Å². The van der Waals surface area contributed by atoms with Crippen molar-refractivity contribution in [3.05, 3.63) is 71.8 Å². The van der Waals surface area contributed by atoms with E-state index in [-0.39, 0.29) is 5.91 Å². The summed E-state index contributed by atoms with van der Waals surface area (Å²) in [5, 5.41) is 3.05. The van der Waals surface area contributed by atoms with Crippen molar-refractivity contribution in [2.45, 2.75) is 51.5 Å². The molecule has 1 N–H and O–H groups in total. The summed E-state index contributed by atoms with van der Waals surface area (Å²) >= 11 is 0. The fourth-order valence-electron chi connectivity index (χ4n) is 2.84. The molecule has 2 nitrogen and oxygen atoms in total. The lowest BCUT2D eigenvalue weighted by molar-refractivity contribution is -0.121. The molecule has 0 aliphatic rings. The Bertz CT molecular complexity index is 565. The Balaban J connectivity index is 1.89. The first kappa shape index (κ1) is 17.3. The van der Waals surface area contributed by atoms with Crippen LogP contribution in [0, 0.1) is 0 Å². The van der Waals surface area contributed by atoms with Crippen molar-refractivity contribution >= 4 is 5.91 Å². The lowest BCUT2D eigenvalue weighted by Gasteiger charge is -2.17. The van der Waals surface area contributed by atoms with Crippen molar-refractivity contribution in [3.63, 3.8) is 0 Å². The molecular weight excluding hydrogens is 282 g/mol. The molecule has 0 fully saturated rings. The number of unbranched alkanes of at least 4 members (excludes halogenated alkanes) is 2. The third kappa shape index (κ3) is 6.27. The van der Waals surface area contributed by atoms with E-state index in [1.807, 2.05) is 36.4 Å². The Morgan fingerprint density at radius 2 is 1.61 bits per heavy atom. The van der Waals surface area contributed by atoms with Gasteiger partial charge in [-0.05, 0) is 23.5 Å². The van der Waals surface area contributed by atoms with Crippen LogP contribution in [0.5, 0.6) is 0 Å². The van der Waals surface area contributed by atoms with Gasteiger partial charge in [0, 0.05) is 13.0 Å². The van der Waals surface area contributed by atoms with E-state index in [0.29, 0.717) is 18.9 Å². The highest BCUT2D eigenvalue weighted by atomic mass is 16.1. The van der Waals surface area contributed by atoms with Gasteiger partial charge >= 0.3 is 0 Å². The van der Waals surface area contributed by atoms with Crippen LogP contribution in [0.1, 0.15) is 56.1 Å². The molecule has 0 spiro atoms. The van der Waals surface area contributed by atoms with Crippen molar-refractivity contribution in [2.75, 3.05) is 0 Å². The van der Waals surface area contributed by atoms with Gasteiger partial charge in [-0.15, -0.1) is 0 Å². The zero-order valence-corrected chi connectivity index (χ0v) is 14.0. The average Bonchev–Trinajstić information content (AvgIpc) is 2.61. The maximum absolute atomic E-state index is 12.3. The van der Waals surface area contributed by atoms with Gasteiger partial charge in [0.1, 0.15) is 0 Å². The molecular formula is C21H27NO. The highest BCUT2D eigenvalue weighted by Crippen LogP contribution is 2.25. The number of amides is 1. The molecule has 0 unspecified atom stereocenters. The van der Waals surface area contributed by atoms with Gasteiger partial charge in [0.2, 0.25) is 5.91 Å². The van der Waals surface area contributed by atoms with E-state index in [0.717, 1.165) is 12.0 Å². The van der Waals surface area contributed by atoms with E-state index in [9.17, 15) is 4.79 Å². The standard InChI is InChI=1S/C21H27NO/c1-2-3-6-15-20(19-13-9-5-10-14-19)16-21(23)22-17-18-11-7-4-8-12-18/h4-5,7-14,20H,2-3,6,15-17H2,1H3,(H,22,23)/t20-/m1/s1. The quantitative estimate of drug-likeness (QED) is 0.645. The zero-order chi connectivity index (χ0) is 16.3. The van der Waals surface area contributed by atoms with Crippen LogP contribution in [0.4, 0.5) is 0 Å². The summed E-state index contributed by atoms with van der Waals surface area (Å²) in [7, 11) is 0. The topological polar surface area (TPSA) is 29.1 Å². The largest absolute Gasteiger partial charge is 0.352 e. The lowest BCUT2D eigenvalue weighted by atomic mass is 9.90. The molecule has 0 radical (unpaired) electrons. The molecule has 0 heterocycles. The summed E-state index contributed by atoms with van der Waals surface area (Å²) in [6.45, 7) is 2.82. The molecule has 0 saturated heterocycles. The van der Waals surface area contributed by atoms with Crippen LogP contribution in [0.2, 0.25) is 0 Å². The average molecular weight is 309 g/mol. The predicted octanol–water partition coefficient (Wildman–Crippen LogP) is 5.06. The third-order valence-electron chi connectivity index (χ3n) is 4.19. The molecule has 0 aromatic heterocycles. The molecule has 2 aromatic rings. The first-order valence-corrected chi connectivity index (χ1v) is 8.65. The summed E-state index contributed by atoms with van der Waals surface area (Å²) in [6, 6.07) is 20.5. The molecule has 0 aliphatic heterocycles. The Kier molecular flexibility index (Phi) is 7.38. The van der Waals surface area contributed by atoms with E-state index in [1.165, 1.54) is 24.8 Å². The number of benzene rings is 2. The molecule has 122 valence electrons. The van der Waals surface area contributed by atoms with Crippen LogP contribution >= 0.6 is 0 Å². The second kappa shape index (κ2) is 9.83. The van der Waals surface area contributed by atoms with Gasteiger partial charge in [0.05, 0.1) is 0 Å². The SMILES string of the molecule is CCCCC[C@H](CC(=O)NCc1ccccc1)c1ccccc1. The normalized spacial score (nSPS) is 11.9. The molecule has 23 heavy (non-hydrogen) atoms. The molecule has 2 heteroatoms. The maximum Gasteiger partial charge on any atom is 0.220 e. The van der Waals surface area contributed by atoms with E-state index in [4.69, 9.17) is 0 Å². The molecule has 1 amide bonds. The van der Waals surface area contributed by atoms with Crippen molar-refractivity contribution in [3.8, 4) is 0 Å². The summed E-state index contributed by atoms with van der Waals surface area (Å²) in [6.07, 6.45) is 5.27. The Labute approximate surface area is 139 Å². The minimum Gasteiger partial charge on any atom is -0.352 e. The zero-order valence-electron chi connectivity index (χ0n) is 14.0. The summed E-state index contributed by atoms with van der Waals surface area (Å²) in [4.78, 5) is 12.3. The predicted molar refractivity (Wildman–Crippen MR) is 96.2 cm³/mol. The van der Waals surface area contributed by atoms with Gasteiger partial charge in [0.15, 0.2) is 0 Å². The minimum absolute atomic E-state index is 0.138. The maximum atomic E-state index is 12.3. The van der Waals surface area contributed by atoms with Crippen LogP contribution in [0.3, 0.4) is 0 Å². The highest BCUT2D eigenvalue weighted by Gasteiger charge is 2.15. The Morgan fingerprint density at radius 3 is 2.26 bits per heavy atom. The molecule has 1 atom stereocenters.